The van der Waals surface area contributed by atoms with E-state index in [2.05, 4.69) is 50.9 Å². The van der Waals surface area contributed by atoms with Crippen LogP contribution in [0.25, 0.3) is 0 Å². The minimum absolute atomic E-state index is 0.0117. The van der Waals surface area contributed by atoms with E-state index in [0.29, 0.717) is 12.5 Å². The molecule has 0 aliphatic carbocycles. The van der Waals surface area contributed by atoms with Gasteiger partial charge in [-0.15, -0.1) is 11.3 Å². The van der Waals surface area contributed by atoms with Crippen LogP contribution in [-0.2, 0) is 6.42 Å². The second-order valence-corrected chi connectivity index (χ2v) is 7.80. The first-order chi connectivity index (χ1) is 13.3. The SMILES string of the molecule is CN=C(NCCCNC(=O)c1cccs1)N1CCC(Cc2ccccc2)C1. The molecule has 3 rings (SSSR count). The third kappa shape index (κ3) is 5.82. The Hall–Kier alpha value is -2.34. The average molecular weight is 385 g/mol. The van der Waals surface area contributed by atoms with Gasteiger partial charge in [-0.1, -0.05) is 36.4 Å². The number of hydrogen-bond donors (Lipinski definition) is 2. The Morgan fingerprint density at radius 2 is 2.00 bits per heavy atom. The van der Waals surface area contributed by atoms with Crippen molar-refractivity contribution in [2.45, 2.75) is 19.3 Å². The minimum atomic E-state index is 0.0117. The lowest BCUT2D eigenvalue weighted by atomic mass is 9.99. The summed E-state index contributed by atoms with van der Waals surface area (Å²) in [6.07, 6.45) is 3.20. The van der Waals surface area contributed by atoms with E-state index in [-0.39, 0.29) is 5.91 Å². The first-order valence-electron chi connectivity index (χ1n) is 9.57. The lowest BCUT2D eigenvalue weighted by Gasteiger charge is -2.21. The Kier molecular flexibility index (Phi) is 7.27. The number of thiophene rings is 1. The van der Waals surface area contributed by atoms with Gasteiger partial charge in [-0.2, -0.15) is 0 Å². The summed E-state index contributed by atoms with van der Waals surface area (Å²) in [5.41, 5.74) is 1.41. The Morgan fingerprint density at radius 1 is 1.19 bits per heavy atom. The number of likely N-dealkylation sites (tertiary alicyclic amines) is 1. The fourth-order valence-electron chi connectivity index (χ4n) is 3.46. The zero-order chi connectivity index (χ0) is 18.9. The molecule has 1 aromatic carbocycles. The van der Waals surface area contributed by atoms with Crippen molar-refractivity contribution in [3.8, 4) is 0 Å². The molecular weight excluding hydrogens is 356 g/mol. The van der Waals surface area contributed by atoms with Gasteiger partial charge in [-0.05, 0) is 42.2 Å². The van der Waals surface area contributed by atoms with Crippen molar-refractivity contribution in [2.24, 2.45) is 10.9 Å². The largest absolute Gasteiger partial charge is 0.356 e. The van der Waals surface area contributed by atoms with Crippen LogP contribution < -0.4 is 10.6 Å². The van der Waals surface area contributed by atoms with Gasteiger partial charge in [-0.3, -0.25) is 9.79 Å². The summed E-state index contributed by atoms with van der Waals surface area (Å²) in [5, 5.41) is 8.31. The highest BCUT2D eigenvalue weighted by Gasteiger charge is 2.24. The number of guanidine groups is 1. The maximum atomic E-state index is 11.9. The molecule has 2 N–H and O–H groups in total. The van der Waals surface area contributed by atoms with Gasteiger partial charge >= 0.3 is 0 Å². The number of carbonyl (C=O) groups excluding carboxylic acids is 1. The Labute approximate surface area is 165 Å². The fraction of sp³-hybridized carbons (Fsp3) is 0.429. The summed E-state index contributed by atoms with van der Waals surface area (Å²) in [4.78, 5) is 19.4. The first-order valence-corrected chi connectivity index (χ1v) is 10.5. The highest BCUT2D eigenvalue weighted by molar-refractivity contribution is 7.12. The molecule has 1 amide bonds. The zero-order valence-corrected chi connectivity index (χ0v) is 16.7. The van der Waals surface area contributed by atoms with Gasteiger partial charge in [0.15, 0.2) is 5.96 Å². The number of aliphatic imine (C=N–C) groups is 1. The van der Waals surface area contributed by atoms with Crippen molar-refractivity contribution < 1.29 is 4.79 Å². The molecule has 1 fully saturated rings. The molecule has 1 unspecified atom stereocenters. The predicted octanol–water partition coefficient (Wildman–Crippen LogP) is 3.01. The molecule has 0 saturated carbocycles. The summed E-state index contributed by atoms with van der Waals surface area (Å²) >= 11 is 1.47. The van der Waals surface area contributed by atoms with Crippen molar-refractivity contribution in [1.82, 2.24) is 15.5 Å². The van der Waals surface area contributed by atoms with Crippen LogP contribution in [0.2, 0.25) is 0 Å². The fourth-order valence-corrected chi connectivity index (χ4v) is 4.10. The molecule has 27 heavy (non-hydrogen) atoms. The summed E-state index contributed by atoms with van der Waals surface area (Å²) in [5.74, 6) is 1.66. The number of rotatable bonds is 7. The van der Waals surface area contributed by atoms with Gasteiger partial charge in [0.1, 0.15) is 0 Å². The standard InChI is InChI=1S/C21H28N4OS/c1-22-21(24-12-6-11-23-20(26)19-9-5-14-27-19)25-13-10-18(16-25)15-17-7-3-2-4-8-17/h2-5,7-9,14,18H,6,10-13,15-16H2,1H3,(H,22,24)(H,23,26). The van der Waals surface area contributed by atoms with Crippen LogP contribution in [0.3, 0.4) is 0 Å². The number of hydrogen-bond acceptors (Lipinski definition) is 3. The third-order valence-corrected chi connectivity index (χ3v) is 5.70. The maximum absolute atomic E-state index is 11.9. The molecule has 1 aliphatic heterocycles. The van der Waals surface area contributed by atoms with Crippen LogP contribution in [0.5, 0.6) is 0 Å². The predicted molar refractivity (Wildman–Crippen MR) is 112 cm³/mol. The minimum Gasteiger partial charge on any atom is -0.356 e. The quantitative estimate of drug-likeness (QED) is 0.438. The highest BCUT2D eigenvalue weighted by atomic mass is 32.1. The van der Waals surface area contributed by atoms with E-state index in [1.54, 1.807) is 0 Å². The monoisotopic (exact) mass is 384 g/mol. The average Bonchev–Trinajstić information content (AvgIpc) is 3.38. The van der Waals surface area contributed by atoms with E-state index in [1.807, 2.05) is 24.6 Å². The van der Waals surface area contributed by atoms with Crippen LogP contribution in [0.4, 0.5) is 0 Å². The first kappa shape index (κ1) is 19.4. The molecule has 1 aliphatic rings. The van der Waals surface area contributed by atoms with E-state index >= 15 is 0 Å². The molecule has 0 radical (unpaired) electrons. The summed E-state index contributed by atoms with van der Waals surface area (Å²) in [6.45, 7) is 3.56. The number of nitrogens with zero attached hydrogens (tertiary/aromatic N) is 2. The van der Waals surface area contributed by atoms with Crippen LogP contribution in [0.15, 0.2) is 52.8 Å². The molecule has 2 aromatic rings. The van der Waals surface area contributed by atoms with Gasteiger partial charge in [0.25, 0.3) is 5.91 Å². The lowest BCUT2D eigenvalue weighted by Crippen LogP contribution is -2.41. The van der Waals surface area contributed by atoms with E-state index in [9.17, 15) is 4.79 Å². The van der Waals surface area contributed by atoms with E-state index < -0.39 is 0 Å². The molecule has 1 atom stereocenters. The molecule has 1 saturated heterocycles. The highest BCUT2D eigenvalue weighted by Crippen LogP contribution is 2.20. The summed E-state index contributed by atoms with van der Waals surface area (Å²) in [7, 11) is 1.84. The number of benzene rings is 1. The molecule has 1 aromatic heterocycles. The van der Waals surface area contributed by atoms with E-state index in [4.69, 9.17) is 0 Å². The third-order valence-electron chi connectivity index (χ3n) is 4.83. The second-order valence-electron chi connectivity index (χ2n) is 6.85. The topological polar surface area (TPSA) is 56.7 Å². The van der Waals surface area contributed by atoms with Crippen molar-refractivity contribution in [1.29, 1.82) is 0 Å². The lowest BCUT2D eigenvalue weighted by molar-refractivity contribution is 0.0957. The van der Waals surface area contributed by atoms with Gasteiger partial charge in [0.05, 0.1) is 4.88 Å². The number of nitrogens with one attached hydrogen (secondary N) is 2. The van der Waals surface area contributed by atoms with Crippen molar-refractivity contribution >= 4 is 23.2 Å². The molecule has 0 bridgehead atoms. The summed E-state index contributed by atoms with van der Waals surface area (Å²) < 4.78 is 0. The maximum Gasteiger partial charge on any atom is 0.261 e. The number of carbonyl (C=O) groups is 1. The van der Waals surface area contributed by atoms with Crippen molar-refractivity contribution in [3.63, 3.8) is 0 Å². The van der Waals surface area contributed by atoms with Crippen LogP contribution >= 0.6 is 11.3 Å². The second kappa shape index (κ2) is 10.1. The number of amides is 1. The van der Waals surface area contributed by atoms with Gasteiger partial charge < -0.3 is 15.5 Å². The normalized spacial score (nSPS) is 17.1. The zero-order valence-electron chi connectivity index (χ0n) is 15.9. The Balaban J connectivity index is 1.35. The van der Waals surface area contributed by atoms with E-state index in [0.717, 1.165) is 43.3 Å². The van der Waals surface area contributed by atoms with Crippen LogP contribution in [-0.4, -0.2) is 50.0 Å². The van der Waals surface area contributed by atoms with Gasteiger partial charge in [0.2, 0.25) is 0 Å². The molecule has 6 heteroatoms. The van der Waals surface area contributed by atoms with Crippen LogP contribution in [0.1, 0.15) is 28.1 Å². The van der Waals surface area contributed by atoms with E-state index in [1.165, 1.54) is 23.3 Å². The van der Waals surface area contributed by atoms with Crippen molar-refractivity contribution in [3.05, 3.63) is 58.3 Å². The Morgan fingerprint density at radius 3 is 2.74 bits per heavy atom. The molecule has 5 nitrogen and oxygen atoms in total. The van der Waals surface area contributed by atoms with Gasteiger partial charge in [-0.25, -0.2) is 0 Å². The molecular formula is C21H28N4OS. The molecule has 144 valence electrons. The molecule has 2 heterocycles. The van der Waals surface area contributed by atoms with Crippen molar-refractivity contribution in [2.75, 3.05) is 33.2 Å². The molecule has 0 spiro atoms. The summed E-state index contributed by atoms with van der Waals surface area (Å²) in [6, 6.07) is 14.4. The smallest absolute Gasteiger partial charge is 0.261 e. The van der Waals surface area contributed by atoms with Crippen LogP contribution in [0, 0.1) is 5.92 Å². The Bertz CT molecular complexity index is 730. The van der Waals surface area contributed by atoms with Gasteiger partial charge in [0, 0.05) is 33.2 Å².